The molecule has 9 heteroatoms. The second-order valence-electron chi connectivity index (χ2n) is 4.38. The molecule has 0 radical (unpaired) electrons. The van der Waals surface area contributed by atoms with Crippen molar-refractivity contribution in [3.05, 3.63) is 51.8 Å². The summed E-state index contributed by atoms with van der Waals surface area (Å²) in [6, 6.07) is 6.78. The van der Waals surface area contributed by atoms with E-state index in [0.717, 1.165) is 0 Å². The fraction of sp³-hybridized carbons (Fsp3) is 0.0769. The van der Waals surface area contributed by atoms with E-state index in [1.54, 1.807) is 13.0 Å². The number of carboxylic acid groups (broad SMARTS) is 1. The molecule has 0 spiro atoms. The maximum atomic E-state index is 12.3. The number of pyridine rings is 1. The minimum Gasteiger partial charge on any atom is -0.478 e. The number of carboxylic acids is 1. The lowest BCUT2D eigenvalue weighted by atomic mass is 10.1. The molecule has 0 atom stereocenters. The quantitative estimate of drug-likeness (QED) is 0.816. The number of aromatic carboxylic acids is 1. The van der Waals surface area contributed by atoms with Crippen molar-refractivity contribution >= 4 is 44.9 Å². The summed E-state index contributed by atoms with van der Waals surface area (Å²) in [5.74, 6) is -1.25. The second kappa shape index (κ2) is 6.12. The Hall–Kier alpha value is -1.83. The van der Waals surface area contributed by atoms with Gasteiger partial charge in [-0.15, -0.1) is 0 Å². The Morgan fingerprint density at radius 3 is 2.50 bits per heavy atom. The second-order valence-corrected chi connectivity index (χ2v) is 6.78. The minimum atomic E-state index is -4.10. The van der Waals surface area contributed by atoms with Gasteiger partial charge in [0.2, 0.25) is 0 Å². The van der Waals surface area contributed by atoms with Crippen LogP contribution >= 0.6 is 23.2 Å². The van der Waals surface area contributed by atoms with Crippen molar-refractivity contribution in [1.29, 1.82) is 0 Å². The molecule has 0 saturated carbocycles. The highest BCUT2D eigenvalue weighted by atomic mass is 35.5. The molecule has 1 aromatic heterocycles. The molecule has 2 aromatic rings. The van der Waals surface area contributed by atoms with Gasteiger partial charge in [0.25, 0.3) is 10.0 Å². The van der Waals surface area contributed by atoms with Crippen molar-refractivity contribution in [2.45, 2.75) is 11.8 Å². The van der Waals surface area contributed by atoms with E-state index in [1.807, 2.05) is 0 Å². The smallest absolute Gasteiger partial charge is 0.337 e. The van der Waals surface area contributed by atoms with E-state index < -0.39 is 16.0 Å². The summed E-state index contributed by atoms with van der Waals surface area (Å²) in [7, 11) is -4.10. The van der Waals surface area contributed by atoms with Gasteiger partial charge in [0.05, 0.1) is 11.3 Å². The third kappa shape index (κ3) is 3.49. The van der Waals surface area contributed by atoms with E-state index in [1.165, 1.54) is 24.3 Å². The summed E-state index contributed by atoms with van der Waals surface area (Å²) in [4.78, 5) is 14.6. The summed E-state index contributed by atoms with van der Waals surface area (Å²) in [5.41, 5.74) is 0.456. The van der Waals surface area contributed by atoms with Crippen LogP contribution in [-0.4, -0.2) is 24.5 Å². The summed E-state index contributed by atoms with van der Waals surface area (Å²) in [6.07, 6.45) is 0. The van der Waals surface area contributed by atoms with Crippen LogP contribution in [0, 0.1) is 6.92 Å². The molecule has 0 saturated heterocycles. The molecule has 0 bridgehead atoms. The lowest BCUT2D eigenvalue weighted by Gasteiger charge is -2.12. The SMILES string of the molecule is Cc1ccc(NS(=O)(=O)c2ccc(Cl)nc2Cl)c(C(=O)O)c1. The maximum absolute atomic E-state index is 12.3. The van der Waals surface area contributed by atoms with Crippen LogP contribution in [0.15, 0.2) is 35.2 Å². The Balaban J connectivity index is 2.47. The van der Waals surface area contributed by atoms with Crippen molar-refractivity contribution in [2.24, 2.45) is 0 Å². The Bertz CT molecular complexity index is 853. The minimum absolute atomic E-state index is 0.0468. The summed E-state index contributed by atoms with van der Waals surface area (Å²) in [5, 5.41) is 8.90. The molecule has 22 heavy (non-hydrogen) atoms. The van der Waals surface area contributed by atoms with Crippen molar-refractivity contribution in [1.82, 2.24) is 4.98 Å². The number of rotatable bonds is 4. The van der Waals surface area contributed by atoms with Crippen LogP contribution in [0.25, 0.3) is 0 Å². The molecule has 2 N–H and O–H groups in total. The van der Waals surface area contributed by atoms with E-state index in [9.17, 15) is 13.2 Å². The van der Waals surface area contributed by atoms with Crippen LogP contribution in [-0.2, 0) is 10.0 Å². The number of sulfonamides is 1. The first-order valence-corrected chi connectivity index (χ1v) is 8.13. The fourth-order valence-electron chi connectivity index (χ4n) is 1.72. The number of carbonyl (C=O) groups is 1. The van der Waals surface area contributed by atoms with Gasteiger partial charge in [-0.2, -0.15) is 0 Å². The number of anilines is 1. The monoisotopic (exact) mass is 360 g/mol. The standard InChI is InChI=1S/C13H10Cl2N2O4S/c1-7-2-3-9(8(6-7)13(18)19)17-22(20,21)10-4-5-11(14)16-12(10)15/h2-6,17H,1H3,(H,18,19). The Kier molecular flexibility index (Phi) is 4.60. The number of hydrogen-bond acceptors (Lipinski definition) is 4. The van der Waals surface area contributed by atoms with Gasteiger partial charge < -0.3 is 5.11 Å². The van der Waals surface area contributed by atoms with Crippen molar-refractivity contribution < 1.29 is 18.3 Å². The van der Waals surface area contributed by atoms with E-state index in [4.69, 9.17) is 28.3 Å². The maximum Gasteiger partial charge on any atom is 0.337 e. The van der Waals surface area contributed by atoms with Gasteiger partial charge >= 0.3 is 5.97 Å². The first-order valence-electron chi connectivity index (χ1n) is 5.89. The van der Waals surface area contributed by atoms with Crippen LogP contribution in [0.5, 0.6) is 0 Å². The molecule has 0 aliphatic rings. The van der Waals surface area contributed by atoms with Gasteiger partial charge in [-0.25, -0.2) is 18.2 Å². The first kappa shape index (κ1) is 16.5. The predicted octanol–water partition coefficient (Wildman–Crippen LogP) is 3.20. The third-order valence-electron chi connectivity index (χ3n) is 2.72. The number of halogens is 2. The highest BCUT2D eigenvalue weighted by Gasteiger charge is 2.22. The number of hydrogen-bond donors (Lipinski definition) is 2. The summed E-state index contributed by atoms with van der Waals surface area (Å²) in [6.45, 7) is 1.70. The molecule has 116 valence electrons. The normalized spacial score (nSPS) is 11.2. The zero-order valence-electron chi connectivity index (χ0n) is 11.2. The highest BCUT2D eigenvalue weighted by molar-refractivity contribution is 7.92. The average Bonchev–Trinajstić information content (AvgIpc) is 2.39. The fourth-order valence-corrected chi connectivity index (χ4v) is 3.47. The van der Waals surface area contributed by atoms with Gasteiger partial charge in [-0.1, -0.05) is 34.8 Å². The molecule has 1 aromatic carbocycles. The third-order valence-corrected chi connectivity index (χ3v) is 4.73. The number of benzene rings is 1. The van der Waals surface area contributed by atoms with E-state index in [-0.39, 0.29) is 26.5 Å². The molecular formula is C13H10Cl2N2O4S. The highest BCUT2D eigenvalue weighted by Crippen LogP contribution is 2.26. The van der Waals surface area contributed by atoms with Crippen LogP contribution in [0.3, 0.4) is 0 Å². The molecule has 0 aliphatic heterocycles. The van der Waals surface area contributed by atoms with Crippen LogP contribution < -0.4 is 4.72 Å². The molecule has 0 aliphatic carbocycles. The van der Waals surface area contributed by atoms with Gasteiger partial charge in [-0.05, 0) is 31.2 Å². The molecule has 0 unspecified atom stereocenters. The largest absolute Gasteiger partial charge is 0.478 e. The molecule has 1 heterocycles. The van der Waals surface area contributed by atoms with Crippen molar-refractivity contribution in [3.8, 4) is 0 Å². The van der Waals surface area contributed by atoms with Crippen LogP contribution in [0.2, 0.25) is 10.3 Å². The van der Waals surface area contributed by atoms with Gasteiger partial charge in [-0.3, -0.25) is 4.72 Å². The molecule has 0 amide bonds. The van der Waals surface area contributed by atoms with Gasteiger partial charge in [0.1, 0.15) is 10.0 Å². The number of nitrogens with zero attached hydrogens (tertiary/aromatic N) is 1. The Labute approximate surface area is 136 Å². The predicted molar refractivity (Wildman–Crippen MR) is 83.2 cm³/mol. The first-order chi connectivity index (χ1) is 10.2. The van der Waals surface area contributed by atoms with Crippen molar-refractivity contribution in [3.63, 3.8) is 0 Å². The van der Waals surface area contributed by atoms with E-state index >= 15 is 0 Å². The average molecular weight is 361 g/mol. The van der Waals surface area contributed by atoms with Gasteiger partial charge in [0, 0.05) is 0 Å². The van der Waals surface area contributed by atoms with E-state index in [0.29, 0.717) is 5.56 Å². The number of aromatic nitrogens is 1. The molecule has 6 nitrogen and oxygen atoms in total. The van der Waals surface area contributed by atoms with E-state index in [2.05, 4.69) is 9.71 Å². The lowest BCUT2D eigenvalue weighted by molar-refractivity contribution is 0.0698. The van der Waals surface area contributed by atoms with Crippen LogP contribution in [0.1, 0.15) is 15.9 Å². The van der Waals surface area contributed by atoms with Crippen molar-refractivity contribution in [2.75, 3.05) is 4.72 Å². The zero-order chi connectivity index (χ0) is 16.5. The lowest BCUT2D eigenvalue weighted by Crippen LogP contribution is -2.16. The Morgan fingerprint density at radius 1 is 1.23 bits per heavy atom. The topological polar surface area (TPSA) is 96.4 Å². The number of nitrogens with one attached hydrogen (secondary N) is 1. The molecule has 0 fully saturated rings. The summed E-state index contributed by atoms with van der Waals surface area (Å²) < 4.78 is 26.8. The van der Waals surface area contributed by atoms with Crippen LogP contribution in [0.4, 0.5) is 5.69 Å². The molecular weight excluding hydrogens is 351 g/mol. The summed E-state index contributed by atoms with van der Waals surface area (Å²) >= 11 is 11.4. The number of aryl methyl sites for hydroxylation is 1. The zero-order valence-corrected chi connectivity index (χ0v) is 13.5. The molecule has 2 rings (SSSR count). The Morgan fingerprint density at radius 2 is 1.91 bits per heavy atom. The van der Waals surface area contributed by atoms with Gasteiger partial charge in [0.15, 0.2) is 5.15 Å².